The van der Waals surface area contributed by atoms with E-state index in [9.17, 15) is 0 Å². The molecular weight excluding hydrogens is 790 g/mol. The molecule has 0 radical (unpaired) electrons. The monoisotopic (exact) mass is 832 g/mol. The van der Waals surface area contributed by atoms with Gasteiger partial charge in [-0.3, -0.25) is 9.80 Å². The zero-order chi connectivity index (χ0) is 38.7. The largest absolute Gasteiger partial charge is 0.324 e. The predicted octanol–water partition coefficient (Wildman–Crippen LogP) is 8.66. The first-order valence-electron chi connectivity index (χ1n) is 18.9. The van der Waals surface area contributed by atoms with E-state index in [0.717, 1.165) is 110 Å². The lowest BCUT2D eigenvalue weighted by atomic mass is 10.1. The number of nitrogens with zero attached hydrogens (tertiary/aromatic N) is 8. The second kappa shape index (κ2) is 19.8. The maximum atomic E-state index is 5.95. The second-order valence-corrected chi connectivity index (χ2v) is 15.7. The van der Waals surface area contributed by atoms with Crippen LogP contribution in [0.4, 0.5) is 12.0 Å². The van der Waals surface area contributed by atoms with Gasteiger partial charge in [0.25, 0.3) is 0 Å². The molecule has 2 aliphatic heterocycles. The van der Waals surface area contributed by atoms with Gasteiger partial charge >= 0.3 is 12.0 Å². The third-order valence-corrected chi connectivity index (χ3v) is 11.0. The van der Waals surface area contributed by atoms with E-state index in [1.807, 2.05) is 72.8 Å². The molecule has 0 saturated carbocycles. The van der Waals surface area contributed by atoms with Gasteiger partial charge in [0.15, 0.2) is 11.6 Å². The van der Waals surface area contributed by atoms with Crippen molar-refractivity contribution in [2.24, 2.45) is 0 Å². The number of benzene rings is 4. The van der Waals surface area contributed by atoms with Gasteiger partial charge in [-0.05, 0) is 83.6 Å². The van der Waals surface area contributed by atoms with Gasteiger partial charge in [-0.25, -0.2) is 0 Å². The summed E-state index contributed by atoms with van der Waals surface area (Å²) < 4.78 is 11.0. The molecule has 56 heavy (non-hydrogen) atoms. The summed E-state index contributed by atoms with van der Waals surface area (Å²) in [5.41, 5.74) is 4.86. The Bertz CT molecular complexity index is 1930. The average molecular weight is 835 g/mol. The number of anilines is 2. The van der Waals surface area contributed by atoms with Gasteiger partial charge < -0.3 is 18.8 Å². The van der Waals surface area contributed by atoms with Gasteiger partial charge in [0.05, 0.1) is 0 Å². The van der Waals surface area contributed by atoms with Crippen LogP contribution in [0.15, 0.2) is 106 Å². The molecule has 0 spiro atoms. The summed E-state index contributed by atoms with van der Waals surface area (Å²) in [5, 5.41) is 11.3. The van der Waals surface area contributed by atoms with E-state index in [-0.39, 0.29) is 0 Å². The Morgan fingerprint density at radius 1 is 0.411 bits per heavy atom. The first-order valence-corrected chi connectivity index (χ1v) is 20.4. The average Bonchev–Trinajstić information content (AvgIpc) is 3.90. The van der Waals surface area contributed by atoms with Gasteiger partial charge in [-0.2, -0.15) is 9.97 Å². The van der Waals surface area contributed by atoms with E-state index in [4.69, 9.17) is 55.4 Å². The summed E-state index contributed by atoms with van der Waals surface area (Å²) in [6, 6.07) is 32.9. The minimum Gasteiger partial charge on any atom is -0.322 e. The Morgan fingerprint density at radius 3 is 1.04 bits per heavy atom. The van der Waals surface area contributed by atoms with E-state index in [1.54, 1.807) is 0 Å². The Balaban J connectivity index is 0.000000172. The summed E-state index contributed by atoms with van der Waals surface area (Å²) in [5.74, 6) is 1.39. The van der Waals surface area contributed by atoms with Crippen molar-refractivity contribution in [3.05, 3.63) is 151 Å². The Morgan fingerprint density at radius 2 is 0.714 bits per heavy atom. The van der Waals surface area contributed by atoms with Crippen LogP contribution >= 0.6 is 46.4 Å². The van der Waals surface area contributed by atoms with E-state index < -0.39 is 0 Å². The second-order valence-electron chi connectivity index (χ2n) is 14.0. The van der Waals surface area contributed by atoms with Crippen molar-refractivity contribution in [3.63, 3.8) is 0 Å². The van der Waals surface area contributed by atoms with Gasteiger partial charge in [0, 0.05) is 98.4 Å². The number of hydrogen-bond acceptors (Lipinski definition) is 10. The van der Waals surface area contributed by atoms with Crippen molar-refractivity contribution in [3.8, 4) is 0 Å². The number of hydrogen-bond donors (Lipinski definition) is 0. The number of aromatic nitrogens is 4. The zero-order valence-electron chi connectivity index (χ0n) is 31.0. The molecule has 0 aliphatic carbocycles. The molecule has 292 valence electrons. The smallest absolute Gasteiger partial charge is 0.322 e. The summed E-state index contributed by atoms with van der Waals surface area (Å²) in [6.07, 6.45) is 3.34. The molecule has 2 saturated heterocycles. The highest BCUT2D eigenvalue weighted by molar-refractivity contribution is 6.31. The summed E-state index contributed by atoms with van der Waals surface area (Å²) in [7, 11) is 0. The fraction of sp³-hybridized carbons (Fsp3) is 0.333. The summed E-state index contributed by atoms with van der Waals surface area (Å²) >= 11 is 23.8. The van der Waals surface area contributed by atoms with Crippen LogP contribution in [0.25, 0.3) is 0 Å². The highest BCUT2D eigenvalue weighted by atomic mass is 35.5. The van der Waals surface area contributed by atoms with Crippen molar-refractivity contribution < 1.29 is 9.05 Å². The Labute approximate surface area is 347 Å². The molecule has 0 atom stereocenters. The van der Waals surface area contributed by atoms with Crippen LogP contribution in [0.2, 0.25) is 20.1 Å². The molecule has 0 unspecified atom stereocenters. The molecule has 4 heterocycles. The van der Waals surface area contributed by atoms with Crippen molar-refractivity contribution in [2.45, 2.75) is 25.7 Å². The molecule has 10 nitrogen and oxygen atoms in total. The van der Waals surface area contributed by atoms with E-state index >= 15 is 0 Å². The zero-order valence-corrected chi connectivity index (χ0v) is 34.1. The SMILES string of the molecule is Clc1ccc(CCN2CCN(c3nc(Cc4ccc(Cl)cc4)no3)CC2)cc1.Clc1ccc(CCN2CCN(c3nc(Cc4ccc(Cl)cc4)no3)CC2)cc1. The van der Waals surface area contributed by atoms with E-state index in [1.165, 1.54) is 11.1 Å². The van der Waals surface area contributed by atoms with Crippen LogP contribution in [-0.2, 0) is 25.7 Å². The summed E-state index contributed by atoms with van der Waals surface area (Å²) in [6.45, 7) is 9.61. The molecule has 0 amide bonds. The lowest BCUT2D eigenvalue weighted by Crippen LogP contribution is -2.47. The first kappa shape index (κ1) is 40.1. The Hall–Kier alpha value is -4.16. The normalized spacial score (nSPS) is 15.1. The van der Waals surface area contributed by atoms with Crippen LogP contribution in [0.3, 0.4) is 0 Å². The molecule has 4 aromatic carbocycles. The van der Waals surface area contributed by atoms with Crippen molar-refractivity contribution in [1.82, 2.24) is 30.1 Å². The number of rotatable bonds is 12. The highest BCUT2D eigenvalue weighted by Crippen LogP contribution is 2.20. The number of halogens is 4. The van der Waals surface area contributed by atoms with Crippen molar-refractivity contribution >= 4 is 58.4 Å². The maximum Gasteiger partial charge on any atom is 0.324 e. The van der Waals surface area contributed by atoms with E-state index in [0.29, 0.717) is 36.5 Å². The van der Waals surface area contributed by atoms with Gasteiger partial charge in [0.2, 0.25) is 0 Å². The fourth-order valence-electron chi connectivity index (χ4n) is 6.66. The highest BCUT2D eigenvalue weighted by Gasteiger charge is 2.23. The van der Waals surface area contributed by atoms with Crippen molar-refractivity contribution in [2.75, 3.05) is 75.2 Å². The van der Waals surface area contributed by atoms with Gasteiger partial charge in [-0.1, -0.05) is 105 Å². The molecule has 14 heteroatoms. The maximum absolute atomic E-state index is 5.95. The van der Waals surface area contributed by atoms with Crippen LogP contribution in [-0.4, -0.2) is 95.5 Å². The van der Waals surface area contributed by atoms with Gasteiger partial charge in [-0.15, -0.1) is 0 Å². The minimum atomic E-state index is 0.612. The lowest BCUT2D eigenvalue weighted by Gasteiger charge is -2.33. The molecular formula is C42H44Cl4N8O2. The third kappa shape index (κ3) is 11.9. The molecule has 2 fully saturated rings. The van der Waals surface area contributed by atoms with Crippen LogP contribution in [0.5, 0.6) is 0 Å². The van der Waals surface area contributed by atoms with Crippen LogP contribution < -0.4 is 9.80 Å². The van der Waals surface area contributed by atoms with E-state index in [2.05, 4.69) is 64.1 Å². The fourth-order valence-corrected chi connectivity index (χ4v) is 7.17. The van der Waals surface area contributed by atoms with Crippen molar-refractivity contribution in [1.29, 1.82) is 0 Å². The molecule has 6 aromatic rings. The predicted molar refractivity (Wildman–Crippen MR) is 225 cm³/mol. The Kier molecular flexibility index (Phi) is 14.2. The summed E-state index contributed by atoms with van der Waals surface area (Å²) in [4.78, 5) is 18.4. The molecule has 2 aromatic heterocycles. The van der Waals surface area contributed by atoms with Crippen LogP contribution in [0.1, 0.15) is 33.9 Å². The van der Waals surface area contributed by atoms with Gasteiger partial charge in [0.1, 0.15) is 0 Å². The lowest BCUT2D eigenvalue weighted by molar-refractivity contribution is 0.253. The minimum absolute atomic E-state index is 0.612. The molecule has 8 rings (SSSR count). The standard InChI is InChI=1S/2C21H22Cl2N4O/c2*22-18-5-1-16(2-6-18)9-10-26-11-13-27(14-12-26)21-24-20(25-28-21)15-17-3-7-19(23)8-4-17/h2*1-8H,9-15H2. The molecule has 0 N–H and O–H groups in total. The quantitative estimate of drug-likeness (QED) is 0.119. The molecule has 0 bridgehead atoms. The number of piperazine rings is 2. The topological polar surface area (TPSA) is 90.8 Å². The van der Waals surface area contributed by atoms with Crippen LogP contribution in [0, 0.1) is 0 Å². The molecule has 2 aliphatic rings. The first-order chi connectivity index (χ1) is 27.3. The third-order valence-electron chi connectivity index (χ3n) is 10.0.